The molecule has 2 aliphatic heterocycles. The normalized spacial score (nSPS) is 29.5. The number of nitrogens with zero attached hydrogens (tertiary/aromatic N) is 2. The summed E-state index contributed by atoms with van der Waals surface area (Å²) in [6, 6.07) is 3.92. The molecule has 15 heavy (non-hydrogen) atoms. The Morgan fingerprint density at radius 2 is 2.00 bits per heavy atom. The van der Waals surface area contributed by atoms with Gasteiger partial charge in [-0.05, 0) is 24.0 Å². The van der Waals surface area contributed by atoms with Crippen LogP contribution in [0, 0.1) is 11.8 Å². The lowest BCUT2D eigenvalue weighted by Crippen LogP contribution is -2.25. The molecule has 2 saturated heterocycles. The van der Waals surface area contributed by atoms with Crippen molar-refractivity contribution in [2.45, 2.75) is 0 Å². The second-order valence-electron chi connectivity index (χ2n) is 4.42. The van der Waals surface area contributed by atoms with Gasteiger partial charge in [-0.3, -0.25) is 0 Å². The van der Waals surface area contributed by atoms with Crippen LogP contribution in [0.1, 0.15) is 0 Å². The van der Waals surface area contributed by atoms with Gasteiger partial charge in [-0.1, -0.05) is 11.6 Å². The highest BCUT2D eigenvalue weighted by Crippen LogP contribution is 2.29. The highest BCUT2D eigenvalue weighted by atomic mass is 35.5. The van der Waals surface area contributed by atoms with Gasteiger partial charge in [0.05, 0.1) is 5.02 Å². The summed E-state index contributed by atoms with van der Waals surface area (Å²) in [7, 11) is 0. The van der Waals surface area contributed by atoms with E-state index in [1.54, 1.807) is 6.20 Å². The van der Waals surface area contributed by atoms with Crippen molar-refractivity contribution < 1.29 is 0 Å². The van der Waals surface area contributed by atoms with E-state index >= 15 is 0 Å². The van der Waals surface area contributed by atoms with Crippen molar-refractivity contribution in [3.05, 3.63) is 23.4 Å². The van der Waals surface area contributed by atoms with E-state index in [1.807, 2.05) is 12.1 Å². The van der Waals surface area contributed by atoms with E-state index in [-0.39, 0.29) is 0 Å². The molecular weight excluding hydrogens is 210 g/mol. The van der Waals surface area contributed by atoms with Crippen LogP contribution in [0.25, 0.3) is 0 Å². The van der Waals surface area contributed by atoms with Gasteiger partial charge in [0, 0.05) is 32.4 Å². The Kier molecular flexibility index (Phi) is 2.29. The fraction of sp³-hybridized carbons (Fsp3) is 0.545. The third-order valence-corrected chi connectivity index (χ3v) is 3.65. The summed E-state index contributed by atoms with van der Waals surface area (Å²) in [6.07, 6.45) is 1.73. The summed E-state index contributed by atoms with van der Waals surface area (Å²) in [6.45, 7) is 4.59. The Morgan fingerprint density at radius 3 is 2.60 bits per heavy atom. The van der Waals surface area contributed by atoms with Gasteiger partial charge in [0.15, 0.2) is 0 Å². The second kappa shape index (κ2) is 3.65. The van der Waals surface area contributed by atoms with Gasteiger partial charge in [0.2, 0.25) is 0 Å². The van der Waals surface area contributed by atoms with Crippen LogP contribution in [-0.2, 0) is 0 Å². The highest BCUT2D eigenvalue weighted by Gasteiger charge is 2.36. The number of pyridine rings is 1. The van der Waals surface area contributed by atoms with Gasteiger partial charge in [0.25, 0.3) is 0 Å². The molecule has 1 N–H and O–H groups in total. The van der Waals surface area contributed by atoms with Gasteiger partial charge in [-0.15, -0.1) is 0 Å². The monoisotopic (exact) mass is 223 g/mol. The van der Waals surface area contributed by atoms with Gasteiger partial charge >= 0.3 is 0 Å². The molecule has 2 fully saturated rings. The molecule has 1 aromatic heterocycles. The van der Waals surface area contributed by atoms with Gasteiger partial charge in [-0.2, -0.15) is 0 Å². The first-order valence-corrected chi connectivity index (χ1v) is 5.78. The average molecular weight is 224 g/mol. The molecule has 3 nitrogen and oxygen atoms in total. The van der Waals surface area contributed by atoms with Crippen molar-refractivity contribution >= 4 is 17.4 Å². The fourth-order valence-corrected chi connectivity index (χ4v) is 2.71. The number of hydrogen-bond acceptors (Lipinski definition) is 3. The lowest BCUT2D eigenvalue weighted by atomic mass is 10.0. The van der Waals surface area contributed by atoms with E-state index < -0.39 is 0 Å². The van der Waals surface area contributed by atoms with Crippen molar-refractivity contribution in [3.8, 4) is 0 Å². The zero-order valence-electron chi connectivity index (χ0n) is 8.49. The van der Waals surface area contributed by atoms with Crippen molar-refractivity contribution in [2.24, 2.45) is 11.8 Å². The molecule has 3 rings (SSSR count). The second-order valence-corrected chi connectivity index (χ2v) is 4.85. The van der Waals surface area contributed by atoms with Gasteiger partial charge in [-0.25, -0.2) is 4.98 Å². The van der Waals surface area contributed by atoms with Crippen molar-refractivity contribution in [3.63, 3.8) is 0 Å². The molecule has 3 heterocycles. The number of anilines is 1. The summed E-state index contributed by atoms with van der Waals surface area (Å²) in [5.74, 6) is 2.68. The molecule has 0 aliphatic carbocycles. The summed E-state index contributed by atoms with van der Waals surface area (Å²) >= 11 is 5.82. The van der Waals surface area contributed by atoms with Gasteiger partial charge in [0.1, 0.15) is 5.82 Å². The molecule has 4 heteroatoms. The zero-order valence-corrected chi connectivity index (χ0v) is 9.24. The van der Waals surface area contributed by atoms with E-state index in [0.29, 0.717) is 5.02 Å². The molecule has 2 atom stereocenters. The smallest absolute Gasteiger partial charge is 0.128 e. The van der Waals surface area contributed by atoms with E-state index in [9.17, 15) is 0 Å². The minimum Gasteiger partial charge on any atom is -0.356 e. The summed E-state index contributed by atoms with van der Waals surface area (Å²) in [5, 5.41) is 4.15. The largest absolute Gasteiger partial charge is 0.356 e. The molecule has 2 aliphatic rings. The molecular formula is C11H14ClN3. The van der Waals surface area contributed by atoms with Crippen LogP contribution in [0.5, 0.6) is 0 Å². The Labute approximate surface area is 94.4 Å². The Balaban J connectivity index is 1.76. The average Bonchev–Trinajstić information content (AvgIpc) is 2.78. The van der Waals surface area contributed by atoms with Crippen LogP contribution >= 0.6 is 11.6 Å². The van der Waals surface area contributed by atoms with Crippen molar-refractivity contribution in [2.75, 3.05) is 31.1 Å². The lowest BCUT2D eigenvalue weighted by Gasteiger charge is -2.18. The first-order valence-electron chi connectivity index (χ1n) is 5.40. The molecule has 0 radical (unpaired) electrons. The Morgan fingerprint density at radius 1 is 1.27 bits per heavy atom. The van der Waals surface area contributed by atoms with Crippen LogP contribution < -0.4 is 10.2 Å². The topological polar surface area (TPSA) is 28.2 Å². The maximum Gasteiger partial charge on any atom is 0.128 e. The Hall–Kier alpha value is -0.800. The molecule has 0 aromatic carbocycles. The standard InChI is InChI=1S/C11H14ClN3/c12-10-1-2-11(14-5-10)15-6-8-3-13-4-9(8)7-15/h1-2,5,8-9,13H,3-4,6-7H2. The number of hydrogen-bond donors (Lipinski definition) is 1. The minimum atomic E-state index is 0.708. The summed E-state index contributed by atoms with van der Waals surface area (Å²) in [4.78, 5) is 6.73. The maximum absolute atomic E-state index is 5.82. The van der Waals surface area contributed by atoms with E-state index in [4.69, 9.17) is 11.6 Å². The van der Waals surface area contributed by atoms with E-state index in [1.165, 1.54) is 0 Å². The van der Waals surface area contributed by atoms with Crippen molar-refractivity contribution in [1.82, 2.24) is 10.3 Å². The Bertz CT molecular complexity index is 339. The number of aromatic nitrogens is 1. The highest BCUT2D eigenvalue weighted by molar-refractivity contribution is 6.30. The van der Waals surface area contributed by atoms with E-state index in [2.05, 4.69) is 15.2 Å². The summed E-state index contributed by atoms with van der Waals surface area (Å²) in [5.41, 5.74) is 0. The van der Waals surface area contributed by atoms with Crippen LogP contribution in [0.4, 0.5) is 5.82 Å². The zero-order chi connectivity index (χ0) is 10.3. The molecule has 1 aromatic rings. The fourth-order valence-electron chi connectivity index (χ4n) is 2.60. The van der Waals surface area contributed by atoms with Crippen LogP contribution in [-0.4, -0.2) is 31.2 Å². The molecule has 0 amide bonds. The third-order valence-electron chi connectivity index (χ3n) is 3.43. The maximum atomic E-state index is 5.82. The van der Waals surface area contributed by atoms with E-state index in [0.717, 1.165) is 43.8 Å². The van der Waals surface area contributed by atoms with Crippen LogP contribution in [0.15, 0.2) is 18.3 Å². The molecule has 0 saturated carbocycles. The predicted octanol–water partition coefficient (Wildman–Crippen LogP) is 1.39. The predicted molar refractivity (Wildman–Crippen MR) is 61.3 cm³/mol. The first kappa shape index (κ1) is 9.43. The molecule has 0 bridgehead atoms. The third kappa shape index (κ3) is 1.70. The van der Waals surface area contributed by atoms with Crippen LogP contribution in [0.2, 0.25) is 5.02 Å². The number of fused-ring (bicyclic) bond motifs is 1. The lowest BCUT2D eigenvalue weighted by molar-refractivity contribution is 0.533. The SMILES string of the molecule is Clc1ccc(N2CC3CNCC3C2)nc1. The molecule has 80 valence electrons. The van der Waals surface area contributed by atoms with Crippen molar-refractivity contribution in [1.29, 1.82) is 0 Å². The quantitative estimate of drug-likeness (QED) is 0.780. The van der Waals surface area contributed by atoms with Gasteiger partial charge < -0.3 is 10.2 Å². The molecule has 0 spiro atoms. The first-order chi connectivity index (χ1) is 7.33. The summed E-state index contributed by atoms with van der Waals surface area (Å²) < 4.78 is 0. The molecule has 2 unspecified atom stereocenters. The van der Waals surface area contributed by atoms with Crippen LogP contribution in [0.3, 0.4) is 0 Å². The number of rotatable bonds is 1. The number of nitrogens with one attached hydrogen (secondary N) is 1. The minimum absolute atomic E-state index is 0.708. The number of halogens is 1.